The van der Waals surface area contributed by atoms with Crippen LogP contribution in [0.2, 0.25) is 0 Å². The van der Waals surface area contributed by atoms with Crippen molar-refractivity contribution in [3.63, 3.8) is 0 Å². The minimum absolute atomic E-state index is 0.744. The standard InChI is InChI=1S/C17H18N2S/c1-3-4-13-6-8-14(9-7-13)19-16-11-12(2)5-10-15(16)18-17(19)20/h5-11H,3-4H2,1-2H3,(H,18,20). The highest BCUT2D eigenvalue weighted by Gasteiger charge is 2.06. The molecule has 0 spiro atoms. The van der Waals surface area contributed by atoms with Crippen LogP contribution < -0.4 is 0 Å². The van der Waals surface area contributed by atoms with Gasteiger partial charge in [-0.25, -0.2) is 0 Å². The van der Waals surface area contributed by atoms with Crippen LogP contribution in [0.4, 0.5) is 0 Å². The third-order valence-corrected chi connectivity index (χ3v) is 3.86. The van der Waals surface area contributed by atoms with E-state index in [1.165, 1.54) is 17.5 Å². The van der Waals surface area contributed by atoms with E-state index in [-0.39, 0.29) is 0 Å². The minimum atomic E-state index is 0.744. The molecule has 2 nitrogen and oxygen atoms in total. The largest absolute Gasteiger partial charge is 0.330 e. The molecule has 0 bridgehead atoms. The smallest absolute Gasteiger partial charge is 0.182 e. The number of nitrogens with zero attached hydrogens (tertiary/aromatic N) is 1. The highest BCUT2D eigenvalue weighted by Crippen LogP contribution is 2.21. The lowest BCUT2D eigenvalue weighted by molar-refractivity contribution is 0.920. The van der Waals surface area contributed by atoms with Crippen molar-refractivity contribution in [3.8, 4) is 5.69 Å². The summed E-state index contributed by atoms with van der Waals surface area (Å²) in [6.07, 6.45) is 2.30. The Morgan fingerprint density at radius 2 is 1.85 bits per heavy atom. The molecule has 1 N–H and O–H groups in total. The maximum absolute atomic E-state index is 5.47. The van der Waals surface area contributed by atoms with Crippen molar-refractivity contribution in [2.45, 2.75) is 26.7 Å². The Balaban J connectivity index is 2.15. The van der Waals surface area contributed by atoms with Gasteiger partial charge in [-0.3, -0.25) is 4.57 Å². The first-order chi connectivity index (χ1) is 9.69. The van der Waals surface area contributed by atoms with Gasteiger partial charge in [0.15, 0.2) is 4.77 Å². The normalized spacial score (nSPS) is 11.1. The Morgan fingerprint density at radius 1 is 1.10 bits per heavy atom. The summed E-state index contributed by atoms with van der Waals surface area (Å²) in [5.74, 6) is 0. The number of aromatic amines is 1. The number of benzene rings is 2. The van der Waals surface area contributed by atoms with Crippen LogP contribution in [0.3, 0.4) is 0 Å². The zero-order chi connectivity index (χ0) is 14.1. The van der Waals surface area contributed by atoms with Gasteiger partial charge < -0.3 is 4.98 Å². The molecular formula is C17H18N2S. The first kappa shape index (κ1) is 13.1. The second kappa shape index (κ2) is 5.25. The van der Waals surface area contributed by atoms with E-state index in [9.17, 15) is 0 Å². The Kier molecular flexibility index (Phi) is 3.45. The molecule has 0 aliphatic rings. The van der Waals surface area contributed by atoms with Crippen LogP contribution in [0, 0.1) is 11.7 Å². The third kappa shape index (κ3) is 2.29. The molecule has 0 unspecified atom stereocenters. The number of imidazole rings is 1. The predicted molar refractivity (Wildman–Crippen MR) is 87.2 cm³/mol. The van der Waals surface area contributed by atoms with E-state index < -0.39 is 0 Å². The van der Waals surface area contributed by atoms with Crippen LogP contribution in [0.15, 0.2) is 42.5 Å². The number of fused-ring (bicyclic) bond motifs is 1. The second-order valence-corrected chi connectivity index (χ2v) is 5.59. The lowest BCUT2D eigenvalue weighted by atomic mass is 10.1. The molecule has 0 aliphatic carbocycles. The Labute approximate surface area is 124 Å². The number of hydrogen-bond acceptors (Lipinski definition) is 1. The Morgan fingerprint density at radius 3 is 2.55 bits per heavy atom. The average Bonchev–Trinajstić information content (AvgIpc) is 2.76. The predicted octanol–water partition coefficient (Wildman–Crippen LogP) is 4.95. The van der Waals surface area contributed by atoms with Crippen LogP contribution >= 0.6 is 12.2 Å². The molecule has 0 saturated carbocycles. The van der Waals surface area contributed by atoms with Crippen molar-refractivity contribution in [1.29, 1.82) is 0 Å². The van der Waals surface area contributed by atoms with Crippen molar-refractivity contribution in [3.05, 3.63) is 58.4 Å². The molecule has 0 atom stereocenters. The van der Waals surface area contributed by atoms with E-state index in [1.807, 2.05) is 0 Å². The molecule has 0 saturated heterocycles. The van der Waals surface area contributed by atoms with Gasteiger partial charge in [0.25, 0.3) is 0 Å². The second-order valence-electron chi connectivity index (χ2n) is 5.20. The third-order valence-electron chi connectivity index (χ3n) is 3.57. The minimum Gasteiger partial charge on any atom is -0.330 e. The molecule has 1 heterocycles. The molecule has 3 aromatic rings. The monoisotopic (exact) mass is 282 g/mol. The molecule has 2 aromatic carbocycles. The van der Waals surface area contributed by atoms with Gasteiger partial charge in [0, 0.05) is 5.69 Å². The summed E-state index contributed by atoms with van der Waals surface area (Å²) in [5.41, 5.74) is 5.95. The molecule has 3 rings (SSSR count). The van der Waals surface area contributed by atoms with Crippen LogP contribution in [0.5, 0.6) is 0 Å². The Bertz CT molecular complexity index is 794. The number of aryl methyl sites for hydroxylation is 2. The van der Waals surface area contributed by atoms with E-state index >= 15 is 0 Å². The summed E-state index contributed by atoms with van der Waals surface area (Å²) >= 11 is 5.47. The molecule has 0 aliphatic heterocycles. The van der Waals surface area contributed by atoms with E-state index in [4.69, 9.17) is 12.2 Å². The van der Waals surface area contributed by atoms with Crippen LogP contribution in [0.1, 0.15) is 24.5 Å². The van der Waals surface area contributed by atoms with Gasteiger partial charge in [0.05, 0.1) is 11.0 Å². The van der Waals surface area contributed by atoms with E-state index in [0.717, 1.165) is 27.9 Å². The number of hydrogen-bond donors (Lipinski definition) is 1. The van der Waals surface area contributed by atoms with Crippen molar-refractivity contribution in [2.75, 3.05) is 0 Å². The van der Waals surface area contributed by atoms with E-state index in [2.05, 4.69) is 65.9 Å². The number of nitrogens with one attached hydrogen (secondary N) is 1. The van der Waals surface area contributed by atoms with Crippen LogP contribution in [-0.4, -0.2) is 9.55 Å². The number of rotatable bonds is 3. The van der Waals surface area contributed by atoms with Gasteiger partial charge in [0.1, 0.15) is 0 Å². The van der Waals surface area contributed by atoms with Gasteiger partial charge >= 0.3 is 0 Å². The SMILES string of the molecule is CCCc1ccc(-n2c(=S)[nH]c3ccc(C)cc32)cc1. The van der Waals surface area contributed by atoms with Gasteiger partial charge in [-0.15, -0.1) is 0 Å². The number of aromatic nitrogens is 2. The van der Waals surface area contributed by atoms with Crippen LogP contribution in [-0.2, 0) is 6.42 Å². The fourth-order valence-electron chi connectivity index (χ4n) is 2.57. The Hall–Kier alpha value is -1.87. The quantitative estimate of drug-likeness (QED) is 0.674. The van der Waals surface area contributed by atoms with Gasteiger partial charge in [0.2, 0.25) is 0 Å². The first-order valence-electron chi connectivity index (χ1n) is 7.00. The van der Waals surface area contributed by atoms with Gasteiger partial charge in [-0.05, 0) is 61.0 Å². The summed E-state index contributed by atoms with van der Waals surface area (Å²) in [6.45, 7) is 4.30. The van der Waals surface area contributed by atoms with Gasteiger partial charge in [-0.2, -0.15) is 0 Å². The molecule has 0 fully saturated rings. The average molecular weight is 282 g/mol. The highest BCUT2D eigenvalue weighted by atomic mass is 32.1. The van der Waals surface area contributed by atoms with Crippen molar-refractivity contribution in [1.82, 2.24) is 9.55 Å². The summed E-state index contributed by atoms with van der Waals surface area (Å²) in [6, 6.07) is 15.0. The lowest BCUT2D eigenvalue weighted by Gasteiger charge is -2.06. The zero-order valence-electron chi connectivity index (χ0n) is 11.8. The summed E-state index contributed by atoms with van der Waals surface area (Å²) in [5, 5.41) is 0. The molecule has 3 heteroatoms. The molecule has 0 radical (unpaired) electrons. The van der Waals surface area contributed by atoms with E-state index in [0.29, 0.717) is 0 Å². The summed E-state index contributed by atoms with van der Waals surface area (Å²) in [7, 11) is 0. The maximum Gasteiger partial charge on any atom is 0.182 e. The molecule has 20 heavy (non-hydrogen) atoms. The van der Waals surface area contributed by atoms with Crippen molar-refractivity contribution < 1.29 is 0 Å². The summed E-state index contributed by atoms with van der Waals surface area (Å²) in [4.78, 5) is 3.27. The molecule has 1 aromatic heterocycles. The van der Waals surface area contributed by atoms with E-state index in [1.54, 1.807) is 0 Å². The van der Waals surface area contributed by atoms with Crippen molar-refractivity contribution >= 4 is 23.3 Å². The molecule has 0 amide bonds. The molecular weight excluding hydrogens is 264 g/mol. The summed E-state index contributed by atoms with van der Waals surface area (Å²) < 4.78 is 2.85. The van der Waals surface area contributed by atoms with Gasteiger partial charge in [-0.1, -0.05) is 31.5 Å². The fourth-order valence-corrected chi connectivity index (χ4v) is 2.88. The fraction of sp³-hybridized carbons (Fsp3) is 0.235. The topological polar surface area (TPSA) is 20.7 Å². The van der Waals surface area contributed by atoms with Crippen molar-refractivity contribution in [2.24, 2.45) is 0 Å². The zero-order valence-corrected chi connectivity index (χ0v) is 12.6. The highest BCUT2D eigenvalue weighted by molar-refractivity contribution is 7.71. The number of H-pyrrole nitrogens is 1. The maximum atomic E-state index is 5.47. The first-order valence-corrected chi connectivity index (χ1v) is 7.40. The van der Waals surface area contributed by atoms with Crippen LogP contribution in [0.25, 0.3) is 16.7 Å². The molecule has 102 valence electrons. The lowest BCUT2D eigenvalue weighted by Crippen LogP contribution is -1.94.